The van der Waals surface area contributed by atoms with Crippen molar-refractivity contribution < 1.29 is 0 Å². The summed E-state index contributed by atoms with van der Waals surface area (Å²) >= 11 is 0. The number of nitrogens with one attached hydrogen (secondary N) is 1. The SMILES string of the molecule is Cn1cnc2c(NC3CCCC(C)(C)C3)nccc21. The molecule has 4 heteroatoms. The highest BCUT2D eigenvalue weighted by Crippen LogP contribution is 2.36. The summed E-state index contributed by atoms with van der Waals surface area (Å²) in [6.07, 6.45) is 8.77. The normalized spacial score (nSPS) is 22.6. The van der Waals surface area contributed by atoms with Crippen molar-refractivity contribution in [1.29, 1.82) is 0 Å². The second-order valence-electron chi connectivity index (χ2n) is 6.48. The Morgan fingerprint density at radius 1 is 1.37 bits per heavy atom. The van der Waals surface area contributed by atoms with Crippen LogP contribution in [0.15, 0.2) is 18.6 Å². The third-order valence-electron chi connectivity index (χ3n) is 4.19. The van der Waals surface area contributed by atoms with Gasteiger partial charge in [0.1, 0.15) is 5.52 Å². The lowest BCUT2D eigenvalue weighted by atomic mass is 9.75. The van der Waals surface area contributed by atoms with E-state index < -0.39 is 0 Å². The third kappa shape index (κ3) is 2.44. The highest BCUT2D eigenvalue weighted by atomic mass is 15.1. The molecule has 3 rings (SSSR count). The fourth-order valence-corrected chi connectivity index (χ4v) is 3.18. The fraction of sp³-hybridized carbons (Fsp3) is 0.600. The van der Waals surface area contributed by atoms with Crippen LogP contribution in [0.2, 0.25) is 0 Å². The molecule has 1 atom stereocenters. The Balaban J connectivity index is 1.85. The van der Waals surface area contributed by atoms with Crippen LogP contribution in [0, 0.1) is 5.41 Å². The summed E-state index contributed by atoms with van der Waals surface area (Å²) in [5, 5.41) is 3.61. The molecule has 1 fully saturated rings. The molecular formula is C15H22N4. The molecule has 0 bridgehead atoms. The van der Waals surface area contributed by atoms with Crippen molar-refractivity contribution in [1.82, 2.24) is 14.5 Å². The number of pyridine rings is 1. The van der Waals surface area contributed by atoms with E-state index in [9.17, 15) is 0 Å². The summed E-state index contributed by atoms with van der Waals surface area (Å²) in [5.74, 6) is 0.931. The van der Waals surface area contributed by atoms with Gasteiger partial charge in [0, 0.05) is 19.3 Å². The van der Waals surface area contributed by atoms with Gasteiger partial charge in [-0.1, -0.05) is 20.3 Å². The molecule has 1 unspecified atom stereocenters. The number of rotatable bonds is 2. The molecule has 1 aliphatic rings. The summed E-state index contributed by atoms with van der Waals surface area (Å²) in [5.41, 5.74) is 2.55. The van der Waals surface area contributed by atoms with Crippen LogP contribution in [0.5, 0.6) is 0 Å². The lowest BCUT2D eigenvalue weighted by Gasteiger charge is -2.35. The van der Waals surface area contributed by atoms with Gasteiger partial charge in [0.2, 0.25) is 0 Å². The van der Waals surface area contributed by atoms with Crippen LogP contribution in [0.4, 0.5) is 5.82 Å². The lowest BCUT2D eigenvalue weighted by Crippen LogP contribution is -2.32. The van der Waals surface area contributed by atoms with E-state index >= 15 is 0 Å². The number of hydrogen-bond donors (Lipinski definition) is 1. The van der Waals surface area contributed by atoms with Crippen LogP contribution in [0.3, 0.4) is 0 Å². The Kier molecular flexibility index (Phi) is 2.96. The minimum absolute atomic E-state index is 0.438. The van der Waals surface area contributed by atoms with Gasteiger partial charge in [-0.25, -0.2) is 9.97 Å². The first-order valence-electron chi connectivity index (χ1n) is 7.08. The minimum atomic E-state index is 0.438. The van der Waals surface area contributed by atoms with Gasteiger partial charge in [0.05, 0.1) is 11.8 Å². The molecule has 0 amide bonds. The van der Waals surface area contributed by atoms with E-state index in [2.05, 4.69) is 29.1 Å². The molecule has 2 heterocycles. The number of aromatic nitrogens is 3. The molecule has 1 saturated carbocycles. The van der Waals surface area contributed by atoms with E-state index in [1.807, 2.05) is 30.2 Å². The molecule has 0 aromatic carbocycles. The maximum atomic E-state index is 4.48. The second kappa shape index (κ2) is 4.51. The first-order valence-corrected chi connectivity index (χ1v) is 7.08. The van der Waals surface area contributed by atoms with Crippen molar-refractivity contribution in [2.45, 2.75) is 45.6 Å². The van der Waals surface area contributed by atoms with Gasteiger partial charge in [-0.05, 0) is 30.7 Å². The number of imidazole rings is 1. The van der Waals surface area contributed by atoms with E-state index in [1.165, 1.54) is 25.7 Å². The highest BCUT2D eigenvalue weighted by molar-refractivity contribution is 5.85. The first-order chi connectivity index (χ1) is 9.05. The van der Waals surface area contributed by atoms with Gasteiger partial charge in [-0.2, -0.15) is 0 Å². The molecule has 19 heavy (non-hydrogen) atoms. The Morgan fingerprint density at radius 3 is 3.00 bits per heavy atom. The Bertz CT molecular complexity index is 585. The minimum Gasteiger partial charge on any atom is -0.365 e. The van der Waals surface area contributed by atoms with Crippen molar-refractivity contribution in [3.8, 4) is 0 Å². The van der Waals surface area contributed by atoms with E-state index in [-0.39, 0.29) is 0 Å². The highest BCUT2D eigenvalue weighted by Gasteiger charge is 2.28. The van der Waals surface area contributed by atoms with Crippen molar-refractivity contribution in [2.24, 2.45) is 12.5 Å². The average Bonchev–Trinajstić information content (AvgIpc) is 2.71. The zero-order chi connectivity index (χ0) is 13.5. The Morgan fingerprint density at radius 2 is 2.21 bits per heavy atom. The van der Waals surface area contributed by atoms with Gasteiger partial charge >= 0.3 is 0 Å². The molecule has 1 N–H and O–H groups in total. The summed E-state index contributed by atoms with van der Waals surface area (Å²) in [6, 6.07) is 2.53. The maximum absolute atomic E-state index is 4.48. The molecule has 0 saturated heterocycles. The van der Waals surface area contributed by atoms with Crippen molar-refractivity contribution in [3.05, 3.63) is 18.6 Å². The lowest BCUT2D eigenvalue weighted by molar-refractivity contribution is 0.229. The summed E-state index contributed by atoms with van der Waals surface area (Å²) < 4.78 is 2.03. The van der Waals surface area contributed by atoms with E-state index in [1.54, 1.807) is 0 Å². The number of fused-ring (bicyclic) bond motifs is 1. The smallest absolute Gasteiger partial charge is 0.154 e. The zero-order valence-corrected chi connectivity index (χ0v) is 12.0. The Labute approximate surface area is 114 Å². The predicted octanol–water partition coefficient (Wildman–Crippen LogP) is 3.35. The summed E-state index contributed by atoms with van der Waals surface area (Å²) in [6.45, 7) is 4.71. The van der Waals surface area contributed by atoms with Gasteiger partial charge in [-0.15, -0.1) is 0 Å². The molecule has 0 spiro atoms. The first kappa shape index (κ1) is 12.5. The van der Waals surface area contributed by atoms with E-state index in [4.69, 9.17) is 0 Å². The molecule has 0 radical (unpaired) electrons. The van der Waals surface area contributed by atoms with Crippen molar-refractivity contribution in [3.63, 3.8) is 0 Å². The molecule has 102 valence electrons. The summed E-state index contributed by atoms with van der Waals surface area (Å²) in [7, 11) is 2.02. The van der Waals surface area contributed by atoms with Gasteiger partial charge in [-0.3, -0.25) is 0 Å². The second-order valence-corrected chi connectivity index (χ2v) is 6.48. The molecule has 2 aromatic heterocycles. The predicted molar refractivity (Wildman–Crippen MR) is 78.2 cm³/mol. The topological polar surface area (TPSA) is 42.7 Å². The average molecular weight is 258 g/mol. The van der Waals surface area contributed by atoms with Crippen LogP contribution in [0.1, 0.15) is 39.5 Å². The number of aryl methyl sites for hydroxylation is 1. The third-order valence-corrected chi connectivity index (χ3v) is 4.19. The van der Waals surface area contributed by atoms with Crippen molar-refractivity contribution >= 4 is 16.9 Å². The molecule has 0 aliphatic heterocycles. The Hall–Kier alpha value is -1.58. The monoisotopic (exact) mass is 258 g/mol. The zero-order valence-electron chi connectivity index (χ0n) is 12.0. The largest absolute Gasteiger partial charge is 0.365 e. The molecule has 2 aromatic rings. The van der Waals surface area contributed by atoms with Gasteiger partial charge in [0.25, 0.3) is 0 Å². The summed E-state index contributed by atoms with van der Waals surface area (Å²) in [4.78, 5) is 8.93. The van der Waals surface area contributed by atoms with Gasteiger partial charge in [0.15, 0.2) is 5.82 Å². The standard InChI is InChI=1S/C15H22N4/c1-15(2)7-4-5-11(9-15)18-14-13-12(6-8-16-14)19(3)10-17-13/h6,8,10-11H,4-5,7,9H2,1-3H3,(H,16,18). The van der Waals surface area contributed by atoms with E-state index in [0.717, 1.165) is 16.9 Å². The number of anilines is 1. The van der Waals surface area contributed by atoms with Crippen LogP contribution < -0.4 is 5.32 Å². The van der Waals surface area contributed by atoms with Gasteiger partial charge < -0.3 is 9.88 Å². The number of hydrogen-bond acceptors (Lipinski definition) is 3. The van der Waals surface area contributed by atoms with Crippen LogP contribution in [0.25, 0.3) is 11.0 Å². The molecule has 1 aliphatic carbocycles. The fourth-order valence-electron chi connectivity index (χ4n) is 3.18. The maximum Gasteiger partial charge on any atom is 0.154 e. The van der Waals surface area contributed by atoms with E-state index in [0.29, 0.717) is 11.5 Å². The molecule has 4 nitrogen and oxygen atoms in total. The van der Waals surface area contributed by atoms with Crippen LogP contribution in [-0.2, 0) is 7.05 Å². The van der Waals surface area contributed by atoms with Crippen LogP contribution >= 0.6 is 0 Å². The number of nitrogens with zero attached hydrogens (tertiary/aromatic N) is 3. The molecular weight excluding hydrogens is 236 g/mol. The quantitative estimate of drug-likeness (QED) is 0.898. The van der Waals surface area contributed by atoms with Crippen molar-refractivity contribution in [2.75, 3.05) is 5.32 Å². The van der Waals surface area contributed by atoms with Crippen LogP contribution in [-0.4, -0.2) is 20.6 Å².